The van der Waals surface area contributed by atoms with Gasteiger partial charge in [-0.3, -0.25) is 14.8 Å². The number of ether oxygens (including phenoxy) is 2. The van der Waals surface area contributed by atoms with Crippen LogP contribution in [0.1, 0.15) is 23.6 Å². The molecule has 5 heteroatoms. The summed E-state index contributed by atoms with van der Waals surface area (Å²) in [5, 5.41) is 0. The number of hydrogen-bond acceptors (Lipinski definition) is 5. The summed E-state index contributed by atoms with van der Waals surface area (Å²) in [6.45, 7) is 8.87. The van der Waals surface area contributed by atoms with E-state index in [1.807, 2.05) is 12.3 Å². The van der Waals surface area contributed by atoms with Gasteiger partial charge in [0.1, 0.15) is 5.75 Å². The second-order valence-corrected chi connectivity index (χ2v) is 7.45. The minimum absolute atomic E-state index is 0.584. The lowest BCUT2D eigenvalue weighted by Crippen LogP contribution is -2.44. The minimum Gasteiger partial charge on any atom is -0.494 e. The number of morpholine rings is 1. The van der Waals surface area contributed by atoms with Crippen molar-refractivity contribution < 1.29 is 9.47 Å². The highest BCUT2D eigenvalue weighted by Crippen LogP contribution is 2.27. The molecule has 0 amide bonds. The Bertz CT molecular complexity index is 680. The van der Waals surface area contributed by atoms with Crippen LogP contribution in [-0.2, 0) is 11.3 Å². The van der Waals surface area contributed by atoms with Gasteiger partial charge in [-0.1, -0.05) is 18.2 Å². The van der Waals surface area contributed by atoms with E-state index in [0.29, 0.717) is 5.92 Å². The molecule has 0 spiro atoms. The standard InChI is InChI=1S/C22H29N3O2/c1-2-9-23-22(4-1)20-17-25(18-20)16-19-5-7-21(8-6-19)27-13-3-10-24-11-14-26-15-12-24/h1-2,4-9,20H,3,10-18H2. The normalized spacial score (nSPS) is 19.0. The highest BCUT2D eigenvalue weighted by atomic mass is 16.5. The van der Waals surface area contributed by atoms with Crippen LogP contribution in [0.3, 0.4) is 0 Å². The van der Waals surface area contributed by atoms with E-state index in [0.717, 1.165) is 71.3 Å². The molecule has 2 aliphatic rings. The van der Waals surface area contributed by atoms with E-state index >= 15 is 0 Å². The number of rotatable bonds is 8. The molecule has 2 fully saturated rings. The Morgan fingerprint density at radius 3 is 2.56 bits per heavy atom. The van der Waals surface area contributed by atoms with Gasteiger partial charge in [0.05, 0.1) is 19.8 Å². The first-order valence-corrected chi connectivity index (χ1v) is 10.0. The van der Waals surface area contributed by atoms with Gasteiger partial charge >= 0.3 is 0 Å². The molecule has 0 N–H and O–H groups in total. The number of hydrogen-bond donors (Lipinski definition) is 0. The van der Waals surface area contributed by atoms with Crippen LogP contribution in [0.25, 0.3) is 0 Å². The summed E-state index contributed by atoms with van der Waals surface area (Å²) in [6, 6.07) is 14.8. The van der Waals surface area contributed by atoms with Gasteiger partial charge in [-0.05, 0) is 36.2 Å². The number of pyridine rings is 1. The fraction of sp³-hybridized carbons (Fsp3) is 0.500. The molecule has 3 heterocycles. The average Bonchev–Trinajstić information content (AvgIpc) is 2.70. The van der Waals surface area contributed by atoms with Gasteiger partial charge in [0.25, 0.3) is 0 Å². The van der Waals surface area contributed by atoms with Crippen molar-refractivity contribution in [2.24, 2.45) is 0 Å². The van der Waals surface area contributed by atoms with Crippen LogP contribution in [-0.4, -0.2) is 67.3 Å². The van der Waals surface area contributed by atoms with Gasteiger partial charge in [0.2, 0.25) is 0 Å². The van der Waals surface area contributed by atoms with Gasteiger partial charge in [0.15, 0.2) is 0 Å². The van der Waals surface area contributed by atoms with Gasteiger partial charge in [-0.15, -0.1) is 0 Å². The van der Waals surface area contributed by atoms with Gasteiger partial charge < -0.3 is 9.47 Å². The van der Waals surface area contributed by atoms with Crippen molar-refractivity contribution in [1.29, 1.82) is 0 Å². The minimum atomic E-state index is 0.584. The molecule has 0 saturated carbocycles. The molecule has 4 rings (SSSR count). The molecule has 2 saturated heterocycles. The van der Waals surface area contributed by atoms with Gasteiger partial charge in [-0.2, -0.15) is 0 Å². The molecule has 1 aromatic carbocycles. The zero-order valence-electron chi connectivity index (χ0n) is 15.9. The quantitative estimate of drug-likeness (QED) is 0.671. The summed E-state index contributed by atoms with van der Waals surface area (Å²) in [6.07, 6.45) is 2.95. The fourth-order valence-corrected chi connectivity index (χ4v) is 3.76. The summed E-state index contributed by atoms with van der Waals surface area (Å²) in [5.41, 5.74) is 2.56. The van der Waals surface area contributed by atoms with Crippen molar-refractivity contribution in [2.45, 2.75) is 18.9 Å². The van der Waals surface area contributed by atoms with Crippen LogP contribution in [0.15, 0.2) is 48.7 Å². The Morgan fingerprint density at radius 1 is 1.00 bits per heavy atom. The molecule has 1 aromatic heterocycles. The molecule has 27 heavy (non-hydrogen) atoms. The second-order valence-electron chi connectivity index (χ2n) is 7.45. The van der Waals surface area contributed by atoms with Crippen LogP contribution in [0.2, 0.25) is 0 Å². The molecule has 2 aliphatic heterocycles. The zero-order valence-corrected chi connectivity index (χ0v) is 15.9. The molecule has 0 atom stereocenters. The Hall–Kier alpha value is -1.95. The van der Waals surface area contributed by atoms with Gasteiger partial charge in [0, 0.05) is 57.1 Å². The molecular weight excluding hydrogens is 338 g/mol. The maximum absolute atomic E-state index is 5.89. The van der Waals surface area contributed by atoms with E-state index in [-0.39, 0.29) is 0 Å². The van der Waals surface area contributed by atoms with E-state index in [2.05, 4.69) is 51.2 Å². The fourth-order valence-electron chi connectivity index (χ4n) is 3.76. The topological polar surface area (TPSA) is 37.8 Å². The maximum Gasteiger partial charge on any atom is 0.119 e. The lowest BCUT2D eigenvalue weighted by Gasteiger charge is -2.39. The predicted octanol–water partition coefficient (Wildman–Crippen LogP) is 2.78. The van der Waals surface area contributed by atoms with Crippen LogP contribution >= 0.6 is 0 Å². The highest BCUT2D eigenvalue weighted by molar-refractivity contribution is 5.27. The van der Waals surface area contributed by atoms with E-state index in [9.17, 15) is 0 Å². The Labute approximate surface area is 161 Å². The van der Waals surface area contributed by atoms with Crippen molar-refractivity contribution in [2.75, 3.05) is 52.5 Å². The molecule has 0 radical (unpaired) electrons. The lowest BCUT2D eigenvalue weighted by atomic mass is 9.95. The zero-order chi connectivity index (χ0) is 18.3. The molecule has 0 bridgehead atoms. The predicted molar refractivity (Wildman–Crippen MR) is 106 cm³/mol. The highest BCUT2D eigenvalue weighted by Gasteiger charge is 2.28. The molecule has 5 nitrogen and oxygen atoms in total. The van der Waals surface area contributed by atoms with E-state index in [1.54, 1.807) is 0 Å². The smallest absolute Gasteiger partial charge is 0.119 e. The number of likely N-dealkylation sites (tertiary alicyclic amines) is 1. The third-order valence-corrected chi connectivity index (χ3v) is 5.38. The maximum atomic E-state index is 5.89. The summed E-state index contributed by atoms with van der Waals surface area (Å²) in [7, 11) is 0. The molecule has 144 valence electrons. The van der Waals surface area contributed by atoms with Crippen molar-refractivity contribution in [1.82, 2.24) is 14.8 Å². The second kappa shape index (κ2) is 9.31. The van der Waals surface area contributed by atoms with Crippen LogP contribution in [0.4, 0.5) is 0 Å². The van der Waals surface area contributed by atoms with E-state index < -0.39 is 0 Å². The largest absolute Gasteiger partial charge is 0.494 e. The van der Waals surface area contributed by atoms with Crippen LogP contribution in [0.5, 0.6) is 5.75 Å². The number of benzene rings is 1. The first-order chi connectivity index (χ1) is 13.4. The lowest BCUT2D eigenvalue weighted by molar-refractivity contribution is 0.0358. The van der Waals surface area contributed by atoms with Gasteiger partial charge in [-0.25, -0.2) is 0 Å². The third kappa shape index (κ3) is 5.28. The number of aromatic nitrogens is 1. The molecule has 0 aliphatic carbocycles. The summed E-state index contributed by atoms with van der Waals surface area (Å²) in [4.78, 5) is 9.38. The van der Waals surface area contributed by atoms with Crippen molar-refractivity contribution in [3.05, 3.63) is 59.9 Å². The Kier molecular flexibility index (Phi) is 6.35. The van der Waals surface area contributed by atoms with Crippen molar-refractivity contribution in [3.8, 4) is 5.75 Å². The van der Waals surface area contributed by atoms with Crippen molar-refractivity contribution >= 4 is 0 Å². The van der Waals surface area contributed by atoms with E-state index in [1.165, 1.54) is 11.3 Å². The third-order valence-electron chi connectivity index (χ3n) is 5.38. The molecule has 0 unspecified atom stereocenters. The molecular formula is C22H29N3O2. The average molecular weight is 367 g/mol. The Balaban J connectivity index is 1.14. The monoisotopic (exact) mass is 367 g/mol. The first-order valence-electron chi connectivity index (χ1n) is 10.0. The molecule has 2 aromatic rings. The summed E-state index contributed by atoms with van der Waals surface area (Å²) >= 11 is 0. The number of nitrogens with zero attached hydrogens (tertiary/aromatic N) is 3. The summed E-state index contributed by atoms with van der Waals surface area (Å²) < 4.78 is 11.3. The Morgan fingerprint density at radius 2 is 1.81 bits per heavy atom. The van der Waals surface area contributed by atoms with Crippen LogP contribution < -0.4 is 4.74 Å². The van der Waals surface area contributed by atoms with E-state index in [4.69, 9.17) is 9.47 Å². The SMILES string of the molecule is c1ccc(C2CN(Cc3ccc(OCCCN4CCOCC4)cc3)C2)nc1. The van der Waals surface area contributed by atoms with Crippen LogP contribution in [0, 0.1) is 0 Å². The summed E-state index contributed by atoms with van der Waals surface area (Å²) in [5.74, 6) is 1.55. The van der Waals surface area contributed by atoms with Crippen molar-refractivity contribution in [3.63, 3.8) is 0 Å². The first kappa shape index (κ1) is 18.4.